The van der Waals surface area contributed by atoms with Crippen molar-refractivity contribution in [1.82, 2.24) is 0 Å². The number of rotatable bonds is 6. The zero-order valence-corrected chi connectivity index (χ0v) is 30.3. The lowest BCUT2D eigenvalue weighted by Crippen LogP contribution is -2.29. The normalized spacial score (nSPS) is 14.5. The third-order valence-electron chi connectivity index (χ3n) is 12.0. The van der Waals surface area contributed by atoms with Crippen molar-refractivity contribution in [3.8, 4) is 22.3 Å². The quantitative estimate of drug-likeness (QED) is 0.167. The second kappa shape index (κ2) is 12.6. The van der Waals surface area contributed by atoms with Gasteiger partial charge in [-0.25, -0.2) is 0 Å². The van der Waals surface area contributed by atoms with Crippen LogP contribution in [-0.4, -0.2) is 0 Å². The van der Waals surface area contributed by atoms with Crippen LogP contribution in [0.3, 0.4) is 0 Å². The van der Waals surface area contributed by atoms with E-state index in [9.17, 15) is 0 Å². The topological polar surface area (TPSA) is 3.24 Å². The second-order valence-corrected chi connectivity index (χ2v) is 14.8. The number of hydrogen-bond donors (Lipinski definition) is 0. The number of anilines is 3. The molecule has 0 bridgehead atoms. The van der Waals surface area contributed by atoms with Crippen LogP contribution in [0.5, 0.6) is 0 Å². The molecule has 0 saturated heterocycles. The van der Waals surface area contributed by atoms with Crippen LogP contribution in [0.4, 0.5) is 17.1 Å². The Bertz CT molecular complexity index is 2820. The van der Waals surface area contributed by atoms with Crippen LogP contribution in [0.25, 0.3) is 33.0 Å². The van der Waals surface area contributed by atoms with Gasteiger partial charge in [-0.05, 0) is 108 Å². The van der Waals surface area contributed by atoms with Gasteiger partial charge in [-0.1, -0.05) is 182 Å². The van der Waals surface area contributed by atoms with E-state index in [-0.39, 0.29) is 5.92 Å². The largest absolute Gasteiger partial charge is 0.310 e. The van der Waals surface area contributed by atoms with E-state index in [1.807, 2.05) is 0 Å². The van der Waals surface area contributed by atoms with Gasteiger partial charge in [0, 0.05) is 23.0 Å². The highest BCUT2D eigenvalue weighted by atomic mass is 15.1. The molecule has 55 heavy (non-hydrogen) atoms. The second-order valence-electron chi connectivity index (χ2n) is 14.8. The number of para-hydroxylation sites is 1. The summed E-state index contributed by atoms with van der Waals surface area (Å²) in [4.78, 5) is 2.45. The first-order valence-electron chi connectivity index (χ1n) is 19.2. The highest BCUT2D eigenvalue weighted by Gasteiger charge is 2.47. The smallest absolute Gasteiger partial charge is 0.0720 e. The summed E-state index contributed by atoms with van der Waals surface area (Å²) in [6.45, 7) is 0. The maximum absolute atomic E-state index is 2.48. The average molecular weight is 700 g/mol. The molecule has 1 nitrogen and oxygen atoms in total. The van der Waals surface area contributed by atoms with Gasteiger partial charge in [-0.2, -0.15) is 0 Å². The Morgan fingerprint density at radius 2 is 0.909 bits per heavy atom. The monoisotopic (exact) mass is 699 g/mol. The van der Waals surface area contributed by atoms with Gasteiger partial charge in [0.05, 0.1) is 5.41 Å². The van der Waals surface area contributed by atoms with E-state index in [4.69, 9.17) is 0 Å². The Labute approximate surface area is 322 Å². The molecule has 11 rings (SSSR count). The average Bonchev–Trinajstić information content (AvgIpc) is 3.75. The number of hydrogen-bond acceptors (Lipinski definition) is 1. The summed E-state index contributed by atoms with van der Waals surface area (Å²) in [5.74, 6) is 0.164. The van der Waals surface area contributed by atoms with Gasteiger partial charge in [0.2, 0.25) is 0 Å². The van der Waals surface area contributed by atoms with Crippen LogP contribution < -0.4 is 4.90 Å². The first-order chi connectivity index (χ1) is 27.3. The van der Waals surface area contributed by atoms with Gasteiger partial charge in [0.1, 0.15) is 0 Å². The minimum atomic E-state index is -0.537. The molecular weight excluding hydrogens is 663 g/mol. The van der Waals surface area contributed by atoms with Gasteiger partial charge >= 0.3 is 0 Å². The molecule has 9 aromatic carbocycles. The van der Waals surface area contributed by atoms with Crippen LogP contribution in [-0.2, 0) is 5.41 Å². The van der Waals surface area contributed by atoms with E-state index in [1.165, 1.54) is 72.0 Å². The van der Waals surface area contributed by atoms with Crippen LogP contribution in [0.1, 0.15) is 44.9 Å². The minimum absolute atomic E-state index is 0.164. The molecule has 0 N–H and O–H groups in total. The van der Waals surface area contributed by atoms with Crippen molar-refractivity contribution in [2.45, 2.75) is 11.3 Å². The summed E-state index contributed by atoms with van der Waals surface area (Å²) in [6.07, 6.45) is 0. The first kappa shape index (κ1) is 31.6. The third kappa shape index (κ3) is 4.73. The maximum atomic E-state index is 2.48. The van der Waals surface area contributed by atoms with Gasteiger partial charge < -0.3 is 4.90 Å². The van der Waals surface area contributed by atoms with E-state index in [1.54, 1.807) is 0 Å². The lowest BCUT2D eigenvalue weighted by atomic mass is 9.66. The van der Waals surface area contributed by atoms with Crippen molar-refractivity contribution in [1.29, 1.82) is 0 Å². The standard InChI is InChI=1S/C54H37N/c1-5-18-38(19-6-1)52-48-28-16-15-27-45(48)46-33-30-42(35-50(46)52)55(41-24-11-4-12-25-41)43-31-34-47-49-32-29-37-17-13-14-26-44(37)53(49)54(51(47)36-43,39-20-7-2-8-21-39)40-22-9-3-10-23-40/h1-36,52H. The van der Waals surface area contributed by atoms with Crippen molar-refractivity contribution in [2.24, 2.45) is 0 Å². The summed E-state index contributed by atoms with van der Waals surface area (Å²) in [6, 6.07) is 80.8. The van der Waals surface area contributed by atoms with Crippen LogP contribution in [0.15, 0.2) is 218 Å². The van der Waals surface area contributed by atoms with Gasteiger partial charge in [0.25, 0.3) is 0 Å². The summed E-state index contributed by atoms with van der Waals surface area (Å²) < 4.78 is 0. The number of nitrogens with zero attached hydrogens (tertiary/aromatic N) is 1. The Balaban J connectivity index is 1.18. The fraction of sp³-hybridized carbons (Fsp3) is 0.0370. The Kier molecular flexibility index (Phi) is 7.22. The fourth-order valence-corrected chi connectivity index (χ4v) is 9.76. The molecule has 1 atom stereocenters. The summed E-state index contributed by atoms with van der Waals surface area (Å²) >= 11 is 0. The molecule has 0 radical (unpaired) electrons. The summed E-state index contributed by atoms with van der Waals surface area (Å²) in [5, 5.41) is 2.54. The van der Waals surface area contributed by atoms with E-state index in [0.717, 1.165) is 17.1 Å². The Hall–Kier alpha value is -6.96. The predicted molar refractivity (Wildman–Crippen MR) is 229 cm³/mol. The van der Waals surface area contributed by atoms with Crippen LogP contribution in [0.2, 0.25) is 0 Å². The molecular formula is C54H37N. The van der Waals surface area contributed by atoms with Crippen molar-refractivity contribution in [3.05, 3.63) is 257 Å². The number of benzene rings is 9. The molecule has 0 saturated carbocycles. The zero-order valence-electron chi connectivity index (χ0n) is 30.3. The third-order valence-corrected chi connectivity index (χ3v) is 12.0. The molecule has 9 aromatic rings. The van der Waals surface area contributed by atoms with E-state index < -0.39 is 5.41 Å². The van der Waals surface area contributed by atoms with E-state index in [0.29, 0.717) is 0 Å². The maximum Gasteiger partial charge on any atom is 0.0720 e. The molecule has 0 amide bonds. The zero-order chi connectivity index (χ0) is 36.3. The molecule has 1 unspecified atom stereocenters. The van der Waals surface area contributed by atoms with Gasteiger partial charge in [-0.3, -0.25) is 0 Å². The first-order valence-corrected chi connectivity index (χ1v) is 19.2. The molecule has 2 aliphatic rings. The van der Waals surface area contributed by atoms with E-state index in [2.05, 4.69) is 223 Å². The van der Waals surface area contributed by atoms with Crippen molar-refractivity contribution in [2.75, 3.05) is 4.90 Å². The van der Waals surface area contributed by atoms with Crippen molar-refractivity contribution >= 4 is 27.8 Å². The van der Waals surface area contributed by atoms with Crippen molar-refractivity contribution < 1.29 is 0 Å². The summed E-state index contributed by atoms with van der Waals surface area (Å²) in [7, 11) is 0. The molecule has 0 aromatic heterocycles. The lowest BCUT2D eigenvalue weighted by molar-refractivity contribution is 0.775. The highest BCUT2D eigenvalue weighted by Crippen LogP contribution is 2.59. The molecule has 0 spiro atoms. The Morgan fingerprint density at radius 3 is 1.64 bits per heavy atom. The highest BCUT2D eigenvalue weighted by molar-refractivity contribution is 6.01. The van der Waals surface area contributed by atoms with Gasteiger partial charge in [-0.15, -0.1) is 0 Å². The molecule has 0 fully saturated rings. The molecule has 0 heterocycles. The molecule has 1 heteroatoms. The van der Waals surface area contributed by atoms with Crippen LogP contribution >= 0.6 is 0 Å². The Morgan fingerprint density at radius 1 is 0.364 bits per heavy atom. The summed E-state index contributed by atoms with van der Waals surface area (Å²) in [5.41, 5.74) is 17.3. The van der Waals surface area contributed by atoms with E-state index >= 15 is 0 Å². The molecule has 2 aliphatic carbocycles. The minimum Gasteiger partial charge on any atom is -0.310 e. The fourth-order valence-electron chi connectivity index (χ4n) is 9.76. The molecule has 258 valence electrons. The van der Waals surface area contributed by atoms with Crippen molar-refractivity contribution in [3.63, 3.8) is 0 Å². The van der Waals surface area contributed by atoms with Gasteiger partial charge in [0.15, 0.2) is 0 Å². The lowest BCUT2D eigenvalue weighted by Gasteiger charge is -2.35. The number of fused-ring (bicyclic) bond motifs is 8. The molecule has 0 aliphatic heterocycles. The SMILES string of the molecule is c1ccc(C2c3ccccc3-c3ccc(N(c4ccccc4)c4ccc5c(c4)C(c4ccccc4)(c4ccccc4)c4c-5ccc5ccccc45)cc32)cc1. The predicted octanol–water partition coefficient (Wildman–Crippen LogP) is 13.8. The van der Waals surface area contributed by atoms with Crippen LogP contribution in [0, 0.1) is 0 Å².